The molecule has 3 heteroatoms. The zero-order valence-electron chi connectivity index (χ0n) is 17.0. The molecule has 146 valence electrons. The van der Waals surface area contributed by atoms with Gasteiger partial charge in [-0.2, -0.15) is 0 Å². The number of rotatable bonds is 9. The van der Waals surface area contributed by atoms with Crippen molar-refractivity contribution < 1.29 is 4.79 Å². The lowest BCUT2D eigenvalue weighted by Gasteiger charge is -2.26. The molecule has 1 heterocycles. The molecule has 0 unspecified atom stereocenters. The van der Waals surface area contributed by atoms with E-state index in [0.29, 0.717) is 5.91 Å². The standard InChI is InChI=1S/C24H34N2O/c1-3-4-7-15-26(24(27)22-12-5-6-13-22)19-23-14-9-16-25(23)18-21-11-8-10-20(2)17-21/h8-11,14,16-17,22H,3-7,12-13,15,18-19H2,1-2H3. The number of carbonyl (C=O) groups excluding carboxylic acids is 1. The summed E-state index contributed by atoms with van der Waals surface area (Å²) >= 11 is 0. The van der Waals surface area contributed by atoms with Gasteiger partial charge >= 0.3 is 0 Å². The van der Waals surface area contributed by atoms with Gasteiger partial charge in [-0.1, -0.05) is 62.4 Å². The van der Waals surface area contributed by atoms with Gasteiger partial charge in [0, 0.05) is 30.9 Å². The van der Waals surface area contributed by atoms with Crippen LogP contribution in [0, 0.1) is 12.8 Å². The number of hydrogen-bond donors (Lipinski definition) is 0. The van der Waals surface area contributed by atoms with Gasteiger partial charge in [0.25, 0.3) is 0 Å². The van der Waals surface area contributed by atoms with Gasteiger partial charge in [0.1, 0.15) is 0 Å². The summed E-state index contributed by atoms with van der Waals surface area (Å²) in [4.78, 5) is 15.2. The predicted octanol–water partition coefficient (Wildman–Crippen LogP) is 5.55. The van der Waals surface area contributed by atoms with Crippen molar-refractivity contribution >= 4 is 5.91 Å². The molecular weight excluding hydrogens is 332 g/mol. The SMILES string of the molecule is CCCCCN(Cc1cccn1Cc1cccc(C)c1)C(=O)C1CCCC1. The molecule has 0 aliphatic heterocycles. The Balaban J connectivity index is 1.71. The number of amides is 1. The largest absolute Gasteiger partial charge is 0.345 e. The maximum Gasteiger partial charge on any atom is 0.226 e. The molecular formula is C24H34N2O. The highest BCUT2D eigenvalue weighted by atomic mass is 16.2. The molecule has 1 aromatic heterocycles. The van der Waals surface area contributed by atoms with Crippen molar-refractivity contribution in [2.75, 3.05) is 6.54 Å². The second-order valence-corrected chi connectivity index (χ2v) is 8.06. The lowest BCUT2D eigenvalue weighted by Crippen LogP contribution is -2.36. The number of hydrogen-bond acceptors (Lipinski definition) is 1. The van der Waals surface area contributed by atoms with Crippen LogP contribution in [0.25, 0.3) is 0 Å². The molecule has 3 rings (SSSR count). The van der Waals surface area contributed by atoms with Gasteiger partial charge in [0.2, 0.25) is 5.91 Å². The first-order chi connectivity index (χ1) is 13.2. The normalized spacial score (nSPS) is 14.6. The third kappa shape index (κ3) is 5.47. The van der Waals surface area contributed by atoms with E-state index < -0.39 is 0 Å². The molecule has 3 nitrogen and oxygen atoms in total. The minimum Gasteiger partial charge on any atom is -0.345 e. The van der Waals surface area contributed by atoms with Gasteiger partial charge in [-0.15, -0.1) is 0 Å². The lowest BCUT2D eigenvalue weighted by molar-refractivity contribution is -0.136. The topological polar surface area (TPSA) is 25.2 Å². The van der Waals surface area contributed by atoms with Crippen molar-refractivity contribution in [3.8, 4) is 0 Å². The predicted molar refractivity (Wildman–Crippen MR) is 112 cm³/mol. The van der Waals surface area contributed by atoms with E-state index in [2.05, 4.69) is 65.9 Å². The monoisotopic (exact) mass is 366 g/mol. The van der Waals surface area contributed by atoms with Crippen LogP contribution in [0.1, 0.15) is 68.7 Å². The quantitative estimate of drug-likeness (QED) is 0.534. The zero-order valence-corrected chi connectivity index (χ0v) is 17.0. The fourth-order valence-electron chi connectivity index (χ4n) is 4.20. The summed E-state index contributed by atoms with van der Waals surface area (Å²) in [6.07, 6.45) is 10.2. The Hall–Kier alpha value is -2.03. The molecule has 1 saturated carbocycles. The summed E-state index contributed by atoms with van der Waals surface area (Å²) in [5.41, 5.74) is 3.84. The molecule has 0 radical (unpaired) electrons. The summed E-state index contributed by atoms with van der Waals surface area (Å²) in [7, 11) is 0. The second-order valence-electron chi connectivity index (χ2n) is 8.06. The van der Waals surface area contributed by atoms with Crippen molar-refractivity contribution in [2.24, 2.45) is 5.92 Å². The highest BCUT2D eigenvalue weighted by Gasteiger charge is 2.27. The molecule has 1 aliphatic carbocycles. The van der Waals surface area contributed by atoms with Crippen LogP contribution in [-0.2, 0) is 17.9 Å². The molecule has 0 N–H and O–H groups in total. The number of nitrogens with zero attached hydrogens (tertiary/aromatic N) is 2. The molecule has 0 spiro atoms. The summed E-state index contributed by atoms with van der Waals surface area (Å²) in [6, 6.07) is 13.0. The number of aryl methyl sites for hydroxylation is 1. The summed E-state index contributed by atoms with van der Waals surface area (Å²) in [5, 5.41) is 0. The highest BCUT2D eigenvalue weighted by Crippen LogP contribution is 2.27. The smallest absolute Gasteiger partial charge is 0.226 e. The van der Waals surface area contributed by atoms with E-state index in [0.717, 1.165) is 38.9 Å². The van der Waals surface area contributed by atoms with Gasteiger partial charge in [0.05, 0.1) is 6.54 Å². The van der Waals surface area contributed by atoms with Crippen molar-refractivity contribution in [1.29, 1.82) is 0 Å². The molecule has 1 aliphatic rings. The van der Waals surface area contributed by atoms with Crippen molar-refractivity contribution in [2.45, 2.75) is 71.9 Å². The van der Waals surface area contributed by atoms with E-state index >= 15 is 0 Å². The fraction of sp³-hybridized carbons (Fsp3) is 0.542. The average Bonchev–Trinajstić information content (AvgIpc) is 3.33. The Kier molecular flexibility index (Phi) is 7.14. The van der Waals surface area contributed by atoms with Crippen LogP contribution in [0.4, 0.5) is 0 Å². The van der Waals surface area contributed by atoms with E-state index in [9.17, 15) is 4.79 Å². The van der Waals surface area contributed by atoms with Crippen LogP contribution < -0.4 is 0 Å². The summed E-state index contributed by atoms with van der Waals surface area (Å²) < 4.78 is 2.30. The molecule has 1 amide bonds. The van der Waals surface area contributed by atoms with Crippen molar-refractivity contribution in [3.63, 3.8) is 0 Å². The third-order valence-corrected chi connectivity index (χ3v) is 5.76. The molecule has 0 bridgehead atoms. The minimum absolute atomic E-state index is 0.256. The first-order valence-corrected chi connectivity index (χ1v) is 10.7. The second kappa shape index (κ2) is 9.77. The number of unbranched alkanes of at least 4 members (excludes halogenated alkanes) is 2. The summed E-state index contributed by atoms with van der Waals surface area (Å²) in [5.74, 6) is 0.638. The molecule has 0 saturated heterocycles. The van der Waals surface area contributed by atoms with E-state index in [4.69, 9.17) is 0 Å². The first-order valence-electron chi connectivity index (χ1n) is 10.7. The third-order valence-electron chi connectivity index (χ3n) is 5.76. The fourth-order valence-corrected chi connectivity index (χ4v) is 4.20. The summed E-state index contributed by atoms with van der Waals surface area (Å²) in [6.45, 7) is 6.84. The average molecular weight is 367 g/mol. The zero-order chi connectivity index (χ0) is 19.1. The highest BCUT2D eigenvalue weighted by molar-refractivity contribution is 5.79. The molecule has 27 heavy (non-hydrogen) atoms. The molecule has 1 aromatic carbocycles. The van der Waals surface area contributed by atoms with E-state index in [1.54, 1.807) is 0 Å². The van der Waals surface area contributed by atoms with E-state index in [1.807, 2.05) is 0 Å². The number of aromatic nitrogens is 1. The van der Waals surface area contributed by atoms with Crippen LogP contribution in [0.2, 0.25) is 0 Å². The van der Waals surface area contributed by atoms with Crippen molar-refractivity contribution in [1.82, 2.24) is 9.47 Å². The van der Waals surface area contributed by atoms with Crippen LogP contribution >= 0.6 is 0 Å². The Labute approximate surface area is 164 Å². The molecule has 1 fully saturated rings. The van der Waals surface area contributed by atoms with Gasteiger partial charge in [-0.3, -0.25) is 4.79 Å². The Morgan fingerprint density at radius 1 is 1.15 bits per heavy atom. The van der Waals surface area contributed by atoms with Gasteiger partial charge in [0.15, 0.2) is 0 Å². The molecule has 2 aromatic rings. The van der Waals surface area contributed by atoms with E-state index in [1.165, 1.54) is 42.5 Å². The van der Waals surface area contributed by atoms with Crippen molar-refractivity contribution in [3.05, 3.63) is 59.4 Å². The number of benzene rings is 1. The first kappa shape index (κ1) is 19.7. The lowest BCUT2D eigenvalue weighted by atomic mass is 10.1. The van der Waals surface area contributed by atoms with Crippen LogP contribution in [0.15, 0.2) is 42.6 Å². The van der Waals surface area contributed by atoms with Crippen LogP contribution in [-0.4, -0.2) is 21.9 Å². The molecule has 0 atom stereocenters. The maximum atomic E-state index is 13.1. The number of carbonyl (C=O) groups is 1. The van der Waals surface area contributed by atoms with Gasteiger partial charge in [-0.25, -0.2) is 0 Å². The Morgan fingerprint density at radius 2 is 1.96 bits per heavy atom. The van der Waals surface area contributed by atoms with Gasteiger partial charge in [-0.05, 0) is 43.9 Å². The Morgan fingerprint density at radius 3 is 2.70 bits per heavy atom. The van der Waals surface area contributed by atoms with Crippen LogP contribution in [0.3, 0.4) is 0 Å². The van der Waals surface area contributed by atoms with E-state index in [-0.39, 0.29) is 5.92 Å². The van der Waals surface area contributed by atoms with Gasteiger partial charge < -0.3 is 9.47 Å². The maximum absolute atomic E-state index is 13.1. The Bertz CT molecular complexity index is 727. The minimum atomic E-state index is 0.256. The van der Waals surface area contributed by atoms with Crippen LogP contribution in [0.5, 0.6) is 0 Å².